The van der Waals surface area contributed by atoms with Crippen molar-refractivity contribution < 1.29 is 19.0 Å². The quantitative estimate of drug-likeness (QED) is 0.791. The van der Waals surface area contributed by atoms with E-state index in [4.69, 9.17) is 14.2 Å². The molecule has 0 radical (unpaired) electrons. The monoisotopic (exact) mass is 271 g/mol. The van der Waals surface area contributed by atoms with Crippen LogP contribution in [0.1, 0.15) is 46.5 Å². The van der Waals surface area contributed by atoms with Crippen LogP contribution in [-0.4, -0.2) is 48.7 Å². The predicted molar refractivity (Wildman–Crippen MR) is 70.9 cm³/mol. The number of rotatable bonds is 3. The Morgan fingerprint density at radius 1 is 1.21 bits per heavy atom. The zero-order chi connectivity index (χ0) is 13.9. The molecular weight excluding hydrogens is 246 g/mol. The van der Waals surface area contributed by atoms with Gasteiger partial charge in [-0.25, -0.2) is 4.79 Å². The van der Waals surface area contributed by atoms with E-state index in [1.807, 2.05) is 6.92 Å². The van der Waals surface area contributed by atoms with Gasteiger partial charge in [0.1, 0.15) is 0 Å². The Morgan fingerprint density at radius 3 is 2.32 bits per heavy atom. The Hall–Kier alpha value is -0.810. The Kier molecular flexibility index (Phi) is 4.36. The van der Waals surface area contributed by atoms with Crippen LogP contribution in [0.4, 0.5) is 4.79 Å². The fourth-order valence-corrected chi connectivity index (χ4v) is 2.81. The van der Waals surface area contributed by atoms with Gasteiger partial charge in [-0.1, -0.05) is 13.8 Å². The van der Waals surface area contributed by atoms with E-state index in [2.05, 4.69) is 13.8 Å². The molecule has 0 N–H and O–H groups in total. The van der Waals surface area contributed by atoms with Gasteiger partial charge >= 0.3 is 6.09 Å². The van der Waals surface area contributed by atoms with E-state index in [1.165, 1.54) is 0 Å². The number of carbonyl (C=O) groups is 1. The molecule has 0 aromatic rings. The Labute approximate surface area is 115 Å². The van der Waals surface area contributed by atoms with Crippen molar-refractivity contribution in [2.24, 2.45) is 0 Å². The molecule has 110 valence electrons. The molecule has 5 heteroatoms. The van der Waals surface area contributed by atoms with E-state index in [1.54, 1.807) is 4.90 Å². The lowest BCUT2D eigenvalue weighted by Crippen LogP contribution is -2.48. The second kappa shape index (κ2) is 5.67. The minimum atomic E-state index is -0.477. The summed E-state index contributed by atoms with van der Waals surface area (Å²) in [4.78, 5) is 13.4. The summed E-state index contributed by atoms with van der Waals surface area (Å²) in [6.07, 6.45) is 3.16. The zero-order valence-corrected chi connectivity index (χ0v) is 12.2. The van der Waals surface area contributed by atoms with Crippen LogP contribution >= 0.6 is 0 Å². The molecule has 0 atom stereocenters. The molecule has 5 nitrogen and oxygen atoms in total. The van der Waals surface area contributed by atoms with E-state index < -0.39 is 5.79 Å². The number of likely N-dealkylation sites (tertiary alicyclic amines) is 1. The summed E-state index contributed by atoms with van der Waals surface area (Å²) in [5, 5.41) is 0. The minimum absolute atomic E-state index is 0.133. The number of carbonyl (C=O) groups excluding carboxylic acids is 1. The van der Waals surface area contributed by atoms with Crippen LogP contribution in [0.5, 0.6) is 0 Å². The number of hydrogen-bond donors (Lipinski definition) is 0. The van der Waals surface area contributed by atoms with Gasteiger partial charge in [0.05, 0.1) is 18.8 Å². The topological polar surface area (TPSA) is 48.0 Å². The summed E-state index contributed by atoms with van der Waals surface area (Å²) >= 11 is 0. The van der Waals surface area contributed by atoms with E-state index in [0.29, 0.717) is 26.3 Å². The standard InChI is InChI=1S/C14H25NO4/c1-4-13(5-2)11-18-14(19-13)7-9-15(10-8-14)12(16)17-6-3/h4-11H2,1-3H3. The summed E-state index contributed by atoms with van der Waals surface area (Å²) < 4.78 is 17.3. The number of nitrogens with zero attached hydrogens (tertiary/aromatic N) is 1. The first kappa shape index (κ1) is 14.6. The van der Waals surface area contributed by atoms with Gasteiger partial charge in [-0.05, 0) is 19.8 Å². The molecule has 0 bridgehead atoms. The van der Waals surface area contributed by atoms with Gasteiger partial charge in [0.25, 0.3) is 0 Å². The molecule has 0 unspecified atom stereocenters. The third-order valence-electron chi connectivity index (χ3n) is 4.34. The molecule has 2 heterocycles. The van der Waals surface area contributed by atoms with Crippen molar-refractivity contribution in [1.29, 1.82) is 0 Å². The highest BCUT2D eigenvalue weighted by Gasteiger charge is 2.50. The highest BCUT2D eigenvalue weighted by atomic mass is 16.8. The molecule has 0 aliphatic carbocycles. The van der Waals surface area contributed by atoms with Gasteiger partial charge < -0.3 is 19.1 Å². The molecule has 2 aliphatic rings. The summed E-state index contributed by atoms with van der Waals surface area (Å²) in [6, 6.07) is 0. The summed E-state index contributed by atoms with van der Waals surface area (Å²) in [5.74, 6) is -0.477. The Balaban J connectivity index is 1.91. The maximum atomic E-state index is 11.7. The van der Waals surface area contributed by atoms with E-state index in [-0.39, 0.29) is 11.7 Å². The first-order valence-electron chi connectivity index (χ1n) is 7.34. The predicted octanol–water partition coefficient (Wildman–Crippen LogP) is 2.54. The number of hydrogen-bond acceptors (Lipinski definition) is 4. The Bertz CT molecular complexity index is 319. The van der Waals surface area contributed by atoms with Gasteiger partial charge in [0, 0.05) is 25.9 Å². The normalized spacial score (nSPS) is 24.7. The molecule has 2 fully saturated rings. The summed E-state index contributed by atoms with van der Waals surface area (Å²) in [6.45, 7) is 8.47. The first-order chi connectivity index (χ1) is 9.09. The van der Waals surface area contributed by atoms with Gasteiger partial charge in [0.15, 0.2) is 5.79 Å². The van der Waals surface area contributed by atoms with Crippen LogP contribution in [0.3, 0.4) is 0 Å². The minimum Gasteiger partial charge on any atom is -0.450 e. The van der Waals surface area contributed by atoms with Crippen molar-refractivity contribution >= 4 is 6.09 Å². The third-order valence-corrected chi connectivity index (χ3v) is 4.34. The largest absolute Gasteiger partial charge is 0.450 e. The average molecular weight is 271 g/mol. The lowest BCUT2D eigenvalue weighted by atomic mass is 9.98. The van der Waals surface area contributed by atoms with Gasteiger partial charge in [-0.3, -0.25) is 0 Å². The molecule has 19 heavy (non-hydrogen) atoms. The van der Waals surface area contributed by atoms with E-state index >= 15 is 0 Å². The second-order valence-electron chi connectivity index (χ2n) is 5.38. The number of amides is 1. The van der Waals surface area contributed by atoms with Gasteiger partial charge in [0.2, 0.25) is 0 Å². The number of piperidine rings is 1. The van der Waals surface area contributed by atoms with Crippen LogP contribution in [0.2, 0.25) is 0 Å². The molecule has 0 aromatic carbocycles. The number of ether oxygens (including phenoxy) is 3. The fraction of sp³-hybridized carbons (Fsp3) is 0.929. The van der Waals surface area contributed by atoms with Gasteiger partial charge in [-0.15, -0.1) is 0 Å². The fourth-order valence-electron chi connectivity index (χ4n) is 2.81. The Morgan fingerprint density at radius 2 is 1.84 bits per heavy atom. The summed E-state index contributed by atoms with van der Waals surface area (Å²) in [7, 11) is 0. The second-order valence-corrected chi connectivity index (χ2v) is 5.38. The molecule has 1 spiro atoms. The lowest BCUT2D eigenvalue weighted by molar-refractivity contribution is -0.210. The zero-order valence-electron chi connectivity index (χ0n) is 12.2. The van der Waals surface area contributed by atoms with Crippen LogP contribution in [0.25, 0.3) is 0 Å². The highest BCUT2D eigenvalue weighted by Crippen LogP contribution is 2.41. The molecule has 2 aliphatic heterocycles. The van der Waals surface area contributed by atoms with E-state index in [9.17, 15) is 4.79 Å². The maximum absolute atomic E-state index is 11.7. The van der Waals surface area contributed by atoms with Crippen molar-refractivity contribution in [1.82, 2.24) is 4.90 Å². The van der Waals surface area contributed by atoms with Crippen molar-refractivity contribution in [2.75, 3.05) is 26.3 Å². The van der Waals surface area contributed by atoms with Gasteiger partial charge in [-0.2, -0.15) is 0 Å². The molecule has 0 saturated carbocycles. The molecule has 0 aromatic heterocycles. The average Bonchev–Trinajstić information content (AvgIpc) is 2.80. The molecule has 2 saturated heterocycles. The highest BCUT2D eigenvalue weighted by molar-refractivity contribution is 5.67. The SMILES string of the molecule is CCOC(=O)N1CCC2(CC1)OCC(CC)(CC)O2. The summed E-state index contributed by atoms with van der Waals surface area (Å²) in [5.41, 5.74) is -0.133. The van der Waals surface area contributed by atoms with Crippen LogP contribution < -0.4 is 0 Å². The third kappa shape index (κ3) is 2.87. The van der Waals surface area contributed by atoms with Crippen molar-refractivity contribution in [3.05, 3.63) is 0 Å². The maximum Gasteiger partial charge on any atom is 0.409 e. The first-order valence-corrected chi connectivity index (χ1v) is 7.34. The van der Waals surface area contributed by atoms with E-state index in [0.717, 1.165) is 25.7 Å². The molecular formula is C14H25NO4. The van der Waals surface area contributed by atoms with Crippen LogP contribution in [0, 0.1) is 0 Å². The molecule has 2 rings (SSSR count). The lowest BCUT2D eigenvalue weighted by Gasteiger charge is -2.38. The smallest absolute Gasteiger partial charge is 0.409 e. The van der Waals surface area contributed by atoms with Crippen LogP contribution in [0.15, 0.2) is 0 Å². The van der Waals surface area contributed by atoms with Crippen molar-refractivity contribution in [2.45, 2.75) is 57.8 Å². The molecule has 1 amide bonds. The van der Waals surface area contributed by atoms with Crippen molar-refractivity contribution in [3.8, 4) is 0 Å². The van der Waals surface area contributed by atoms with Crippen molar-refractivity contribution in [3.63, 3.8) is 0 Å². The van der Waals surface area contributed by atoms with Crippen LogP contribution in [-0.2, 0) is 14.2 Å².